The maximum atomic E-state index is 13.6. The van der Waals surface area contributed by atoms with E-state index in [1.165, 1.54) is 22.0 Å². The summed E-state index contributed by atoms with van der Waals surface area (Å²) in [5, 5.41) is 4.99. The van der Waals surface area contributed by atoms with Crippen LogP contribution in [0.2, 0.25) is 0 Å². The smallest absolute Gasteiger partial charge is 0.383 e. The highest BCUT2D eigenvalue weighted by Crippen LogP contribution is 2.38. The number of nitrogen functional groups attached to an aromatic ring is 1. The average molecular weight is 497 g/mol. The van der Waals surface area contributed by atoms with E-state index in [4.69, 9.17) is 10.5 Å². The van der Waals surface area contributed by atoms with Crippen molar-refractivity contribution in [1.82, 2.24) is 29.6 Å². The van der Waals surface area contributed by atoms with Crippen LogP contribution in [0, 0.1) is 0 Å². The Hall–Kier alpha value is -4.06. The number of ether oxygens (including phenoxy) is 1. The molecule has 1 aliphatic heterocycles. The Bertz CT molecular complexity index is 1450. The second-order valence-electron chi connectivity index (χ2n) is 8.61. The van der Waals surface area contributed by atoms with Gasteiger partial charge in [0.2, 0.25) is 0 Å². The zero-order chi connectivity index (χ0) is 25.6. The Balaban J connectivity index is 1.50. The molecule has 186 valence electrons. The number of hydrogen-bond donors (Lipinski definition) is 1. The van der Waals surface area contributed by atoms with Gasteiger partial charge in [-0.15, -0.1) is 0 Å². The van der Waals surface area contributed by atoms with Gasteiger partial charge in [-0.1, -0.05) is 0 Å². The molecular formula is C24H22F3N7O2. The molecule has 0 fully saturated rings. The number of hydrogen-bond acceptors (Lipinski definition) is 7. The van der Waals surface area contributed by atoms with E-state index < -0.39 is 11.7 Å². The number of halogens is 3. The number of carbonyl (C=O) groups is 1. The number of aromatic nitrogens is 5. The number of amides is 1. The highest BCUT2D eigenvalue weighted by molar-refractivity contribution is 5.99. The van der Waals surface area contributed by atoms with Gasteiger partial charge in [0.1, 0.15) is 12.1 Å². The first-order valence-electron chi connectivity index (χ1n) is 11.1. The van der Waals surface area contributed by atoms with Crippen LogP contribution in [0.5, 0.6) is 0 Å². The van der Waals surface area contributed by atoms with Crippen LogP contribution in [0.25, 0.3) is 10.9 Å². The molecule has 36 heavy (non-hydrogen) atoms. The summed E-state index contributed by atoms with van der Waals surface area (Å²) in [6, 6.07) is 7.30. The van der Waals surface area contributed by atoms with Crippen LogP contribution >= 0.6 is 0 Å². The van der Waals surface area contributed by atoms with Gasteiger partial charge in [-0.2, -0.15) is 18.3 Å². The first-order chi connectivity index (χ1) is 17.1. The number of benzene rings is 1. The van der Waals surface area contributed by atoms with Crippen LogP contribution in [0.3, 0.4) is 0 Å². The zero-order valence-electron chi connectivity index (χ0n) is 19.5. The molecule has 3 aromatic heterocycles. The molecule has 4 heterocycles. The van der Waals surface area contributed by atoms with Crippen molar-refractivity contribution in [3.63, 3.8) is 0 Å². The number of nitrogens with two attached hydrogens (primary N) is 1. The van der Waals surface area contributed by atoms with Crippen molar-refractivity contribution < 1.29 is 22.7 Å². The molecule has 1 aliphatic rings. The van der Waals surface area contributed by atoms with Crippen molar-refractivity contribution >= 4 is 22.6 Å². The molecule has 1 atom stereocenters. The fourth-order valence-corrected chi connectivity index (χ4v) is 4.29. The summed E-state index contributed by atoms with van der Waals surface area (Å²) in [5.41, 5.74) is 8.29. The summed E-state index contributed by atoms with van der Waals surface area (Å²) in [6.45, 7) is 2.25. The van der Waals surface area contributed by atoms with Crippen molar-refractivity contribution in [3.05, 3.63) is 76.6 Å². The fourth-order valence-electron chi connectivity index (χ4n) is 4.29. The highest BCUT2D eigenvalue weighted by atomic mass is 19.4. The molecule has 1 amide bonds. The van der Waals surface area contributed by atoms with E-state index in [2.05, 4.69) is 20.1 Å². The Morgan fingerprint density at radius 3 is 2.69 bits per heavy atom. The number of aryl methyl sites for hydroxylation is 1. The van der Waals surface area contributed by atoms with Crippen LogP contribution in [0.15, 0.2) is 42.9 Å². The van der Waals surface area contributed by atoms with E-state index in [-0.39, 0.29) is 25.1 Å². The largest absolute Gasteiger partial charge is 0.417 e. The predicted molar refractivity (Wildman–Crippen MR) is 123 cm³/mol. The molecular weight excluding hydrogens is 475 g/mol. The molecule has 12 heteroatoms. The van der Waals surface area contributed by atoms with Crippen molar-refractivity contribution in [2.75, 3.05) is 5.73 Å². The van der Waals surface area contributed by atoms with Crippen LogP contribution < -0.4 is 5.73 Å². The summed E-state index contributed by atoms with van der Waals surface area (Å²) in [7, 11) is 1.70. The predicted octanol–water partition coefficient (Wildman–Crippen LogP) is 3.79. The molecule has 0 bridgehead atoms. The normalized spacial score (nSPS) is 15.3. The number of rotatable bonds is 5. The summed E-state index contributed by atoms with van der Waals surface area (Å²) in [4.78, 5) is 27.6. The maximum absolute atomic E-state index is 13.6. The van der Waals surface area contributed by atoms with Gasteiger partial charge in [0, 0.05) is 29.8 Å². The first-order valence-corrected chi connectivity index (χ1v) is 11.1. The topological polar surface area (TPSA) is 112 Å². The molecule has 9 nitrogen and oxygen atoms in total. The molecule has 1 aromatic carbocycles. The molecule has 0 unspecified atom stereocenters. The molecule has 0 saturated heterocycles. The number of alkyl halides is 3. The molecule has 2 N–H and O–H groups in total. The van der Waals surface area contributed by atoms with Crippen molar-refractivity contribution in [2.24, 2.45) is 7.05 Å². The van der Waals surface area contributed by atoms with Crippen molar-refractivity contribution in [2.45, 2.75) is 38.9 Å². The van der Waals surface area contributed by atoms with Gasteiger partial charge in [0.15, 0.2) is 5.82 Å². The van der Waals surface area contributed by atoms with E-state index in [9.17, 15) is 18.0 Å². The quantitative estimate of drug-likeness (QED) is 0.446. The minimum absolute atomic E-state index is 0.0362. The standard InChI is InChI=1S/C24H22F3N7O2/c1-13-21-18(11-36-13)17-7-14(3-6-19(17)31-22(21)28)23(35)34(10-20-30-12-33(2)32-20)9-16-5-4-15(8-29-16)24(25,26)27/h3-8,12-13H,9-11H2,1-2H3,(H2,28,31)/t13-/m0/s1. The summed E-state index contributed by atoms with van der Waals surface area (Å²) >= 11 is 0. The number of carbonyl (C=O) groups excluding carboxylic acids is 1. The minimum Gasteiger partial charge on any atom is -0.383 e. The van der Waals surface area contributed by atoms with E-state index in [1.807, 2.05) is 6.92 Å². The summed E-state index contributed by atoms with van der Waals surface area (Å²) in [5.74, 6) is 0.428. The molecule has 0 saturated carbocycles. The Morgan fingerprint density at radius 2 is 2.03 bits per heavy atom. The lowest BCUT2D eigenvalue weighted by atomic mass is 10.00. The average Bonchev–Trinajstić information content (AvgIpc) is 3.43. The van der Waals surface area contributed by atoms with Gasteiger partial charge in [0.05, 0.1) is 42.6 Å². The Morgan fingerprint density at radius 1 is 1.22 bits per heavy atom. The summed E-state index contributed by atoms with van der Waals surface area (Å²) in [6.07, 6.45) is -2.43. The third-order valence-corrected chi connectivity index (χ3v) is 6.07. The fraction of sp³-hybridized carbons (Fsp3) is 0.292. The molecule has 0 spiro atoms. The third kappa shape index (κ3) is 4.47. The number of anilines is 1. The maximum Gasteiger partial charge on any atom is 0.417 e. The lowest BCUT2D eigenvalue weighted by Crippen LogP contribution is -2.31. The highest BCUT2D eigenvalue weighted by Gasteiger charge is 2.31. The number of fused-ring (bicyclic) bond motifs is 3. The van der Waals surface area contributed by atoms with Crippen LogP contribution in [0.4, 0.5) is 19.0 Å². The van der Waals surface area contributed by atoms with Crippen molar-refractivity contribution in [3.8, 4) is 0 Å². The third-order valence-electron chi connectivity index (χ3n) is 6.07. The van der Waals surface area contributed by atoms with E-state index in [1.54, 1.807) is 25.2 Å². The Labute approximate surface area is 203 Å². The van der Waals surface area contributed by atoms with Crippen LogP contribution in [-0.4, -0.2) is 35.5 Å². The SMILES string of the molecule is C[C@@H]1OCc2c1c(N)nc1ccc(C(=O)N(Cc3ccc(C(F)(F)F)cn3)Cc3ncn(C)n3)cc21. The van der Waals surface area contributed by atoms with Gasteiger partial charge in [0.25, 0.3) is 5.91 Å². The van der Waals surface area contributed by atoms with E-state index >= 15 is 0 Å². The molecule has 5 rings (SSSR count). The number of pyridine rings is 2. The van der Waals surface area contributed by atoms with Crippen LogP contribution in [0.1, 0.15) is 51.6 Å². The Kier molecular flexibility index (Phi) is 5.83. The minimum atomic E-state index is -4.50. The van der Waals surface area contributed by atoms with Gasteiger partial charge in [-0.3, -0.25) is 14.5 Å². The lowest BCUT2D eigenvalue weighted by Gasteiger charge is -2.22. The summed E-state index contributed by atoms with van der Waals surface area (Å²) < 4.78 is 46.1. The monoisotopic (exact) mass is 497 g/mol. The zero-order valence-corrected chi connectivity index (χ0v) is 19.5. The van der Waals surface area contributed by atoms with Crippen LogP contribution in [-0.2, 0) is 37.7 Å². The van der Waals surface area contributed by atoms with Gasteiger partial charge >= 0.3 is 6.18 Å². The first kappa shape index (κ1) is 23.7. The molecule has 0 radical (unpaired) electrons. The second-order valence-corrected chi connectivity index (χ2v) is 8.61. The lowest BCUT2D eigenvalue weighted by molar-refractivity contribution is -0.137. The number of nitrogens with zero attached hydrogens (tertiary/aromatic N) is 6. The van der Waals surface area contributed by atoms with E-state index in [0.29, 0.717) is 35.0 Å². The second kappa shape index (κ2) is 8.86. The molecule has 4 aromatic rings. The van der Waals surface area contributed by atoms with Gasteiger partial charge in [-0.25, -0.2) is 9.97 Å². The van der Waals surface area contributed by atoms with Gasteiger partial charge in [-0.05, 0) is 42.8 Å². The van der Waals surface area contributed by atoms with Gasteiger partial charge < -0.3 is 15.4 Å². The molecule has 0 aliphatic carbocycles. The van der Waals surface area contributed by atoms with Crippen molar-refractivity contribution in [1.29, 1.82) is 0 Å². The van der Waals surface area contributed by atoms with E-state index in [0.717, 1.165) is 28.8 Å².